The van der Waals surface area contributed by atoms with Gasteiger partial charge in [-0.2, -0.15) is 0 Å². The molecule has 5 heteroatoms. The van der Waals surface area contributed by atoms with Gasteiger partial charge in [-0.25, -0.2) is 4.72 Å². The maximum Gasteiger partial charge on any atom is 0.203 e. The van der Waals surface area contributed by atoms with E-state index in [9.17, 15) is 9.11 Å². The number of hydrogen-bond acceptors (Lipinski definition) is 4. The number of fused-ring (bicyclic) bond motifs is 1. The maximum atomic E-state index is 9.77. The van der Waals surface area contributed by atoms with E-state index >= 15 is 0 Å². The molecule has 19 heavy (non-hydrogen) atoms. The minimum atomic E-state index is -3.23. The minimum Gasteiger partial charge on any atom is -0.391 e. The number of para-hydroxylation sites is 1. The van der Waals surface area contributed by atoms with E-state index in [1.165, 1.54) is 0 Å². The van der Waals surface area contributed by atoms with E-state index in [-0.39, 0.29) is 6.04 Å². The third-order valence-electron chi connectivity index (χ3n) is 3.13. The molecule has 4 nitrogen and oxygen atoms in total. The molecule has 2 aromatic carbocycles. The van der Waals surface area contributed by atoms with Crippen molar-refractivity contribution in [1.82, 2.24) is 4.72 Å². The monoisotopic (exact) mass is 277 g/mol. The fourth-order valence-electron chi connectivity index (χ4n) is 2.27. The summed E-state index contributed by atoms with van der Waals surface area (Å²) in [6.07, 6.45) is 0. The van der Waals surface area contributed by atoms with Crippen molar-refractivity contribution in [2.45, 2.75) is 13.0 Å². The SMILES string of the molecule is CC1NS(O)(O)Oc2c(-c3ccccc3)cccc21. The smallest absolute Gasteiger partial charge is 0.203 e. The van der Waals surface area contributed by atoms with Crippen LogP contribution in [0.4, 0.5) is 0 Å². The van der Waals surface area contributed by atoms with Crippen LogP contribution in [0.3, 0.4) is 0 Å². The summed E-state index contributed by atoms with van der Waals surface area (Å²) in [6.45, 7) is 1.88. The van der Waals surface area contributed by atoms with Gasteiger partial charge in [-0.3, -0.25) is 9.11 Å². The summed E-state index contributed by atoms with van der Waals surface area (Å²) in [7, 11) is 0. The first-order valence-corrected chi connectivity index (χ1v) is 7.47. The molecule has 3 rings (SSSR count). The lowest BCUT2D eigenvalue weighted by molar-refractivity contribution is 0.343. The van der Waals surface area contributed by atoms with E-state index in [4.69, 9.17) is 4.18 Å². The van der Waals surface area contributed by atoms with E-state index < -0.39 is 11.1 Å². The molecule has 0 spiro atoms. The Morgan fingerprint density at radius 1 is 1.05 bits per heavy atom. The van der Waals surface area contributed by atoms with Crippen molar-refractivity contribution in [2.24, 2.45) is 0 Å². The van der Waals surface area contributed by atoms with Crippen molar-refractivity contribution in [3.63, 3.8) is 0 Å². The Labute approximate surface area is 113 Å². The van der Waals surface area contributed by atoms with E-state index in [0.29, 0.717) is 5.75 Å². The Balaban J connectivity index is 2.16. The lowest BCUT2D eigenvalue weighted by atomic mass is 9.99. The number of benzene rings is 2. The first-order chi connectivity index (χ1) is 9.07. The van der Waals surface area contributed by atoms with Crippen LogP contribution in [0.15, 0.2) is 48.5 Å². The van der Waals surface area contributed by atoms with Gasteiger partial charge in [0, 0.05) is 17.2 Å². The third kappa shape index (κ3) is 2.33. The fraction of sp³-hybridized carbons (Fsp3) is 0.143. The van der Waals surface area contributed by atoms with Gasteiger partial charge in [-0.1, -0.05) is 48.5 Å². The summed E-state index contributed by atoms with van der Waals surface area (Å²) in [5.74, 6) is 0.542. The molecule has 0 saturated carbocycles. The Bertz CT molecular complexity index is 601. The van der Waals surface area contributed by atoms with Gasteiger partial charge in [-0.15, -0.1) is 0 Å². The molecule has 3 N–H and O–H groups in total. The molecule has 0 aromatic heterocycles. The zero-order chi connectivity index (χ0) is 13.5. The first-order valence-electron chi connectivity index (χ1n) is 6.00. The number of rotatable bonds is 1. The lowest BCUT2D eigenvalue weighted by Gasteiger charge is -2.37. The van der Waals surface area contributed by atoms with Gasteiger partial charge in [0.25, 0.3) is 0 Å². The largest absolute Gasteiger partial charge is 0.391 e. The highest BCUT2D eigenvalue weighted by atomic mass is 32.3. The molecule has 1 aliphatic heterocycles. The van der Waals surface area contributed by atoms with Crippen LogP contribution in [-0.4, -0.2) is 9.11 Å². The summed E-state index contributed by atoms with van der Waals surface area (Å²) in [5.41, 5.74) is 2.78. The molecule has 1 heterocycles. The highest BCUT2D eigenvalue weighted by Gasteiger charge is 2.32. The summed E-state index contributed by atoms with van der Waals surface area (Å²) in [4.78, 5) is 0. The van der Waals surface area contributed by atoms with Crippen LogP contribution in [0.5, 0.6) is 5.75 Å². The average Bonchev–Trinajstić information content (AvgIpc) is 2.38. The average molecular weight is 277 g/mol. The van der Waals surface area contributed by atoms with Gasteiger partial charge in [0.15, 0.2) is 5.75 Å². The first kappa shape index (κ1) is 12.5. The van der Waals surface area contributed by atoms with Crippen molar-refractivity contribution >= 4 is 11.1 Å². The zero-order valence-corrected chi connectivity index (χ0v) is 11.2. The van der Waals surface area contributed by atoms with Crippen LogP contribution in [0.25, 0.3) is 11.1 Å². The normalized spacial score (nSPS) is 22.2. The Morgan fingerprint density at radius 2 is 1.79 bits per heavy atom. The van der Waals surface area contributed by atoms with Gasteiger partial charge < -0.3 is 4.18 Å². The van der Waals surface area contributed by atoms with E-state index in [2.05, 4.69) is 4.72 Å². The van der Waals surface area contributed by atoms with Crippen molar-refractivity contribution in [3.8, 4) is 16.9 Å². The topological polar surface area (TPSA) is 61.7 Å². The highest BCUT2D eigenvalue weighted by molar-refractivity contribution is 8.18. The standard InChI is InChI=1S/C14H15NO3S/c1-10-12-8-5-9-13(11-6-3-2-4-7-11)14(12)18-19(16,17)15-10/h2-10,15-17H,1H3. The molecule has 0 saturated heterocycles. The van der Waals surface area contributed by atoms with Crippen LogP contribution in [0.1, 0.15) is 18.5 Å². The fourth-order valence-corrected chi connectivity index (χ4v) is 3.32. The molecule has 100 valence electrons. The number of nitrogens with one attached hydrogen (secondary N) is 1. The predicted molar refractivity (Wildman–Crippen MR) is 76.9 cm³/mol. The lowest BCUT2D eigenvalue weighted by Crippen LogP contribution is -2.31. The molecule has 2 aromatic rings. The zero-order valence-electron chi connectivity index (χ0n) is 10.4. The van der Waals surface area contributed by atoms with Crippen molar-refractivity contribution in [3.05, 3.63) is 54.1 Å². The van der Waals surface area contributed by atoms with Crippen LogP contribution in [0.2, 0.25) is 0 Å². The summed E-state index contributed by atoms with van der Waals surface area (Å²) >= 11 is -3.23. The molecule has 0 amide bonds. The van der Waals surface area contributed by atoms with Crippen molar-refractivity contribution < 1.29 is 13.3 Å². The van der Waals surface area contributed by atoms with Gasteiger partial charge in [0.05, 0.1) is 0 Å². The maximum absolute atomic E-state index is 9.77. The van der Waals surface area contributed by atoms with E-state index in [0.717, 1.165) is 16.7 Å². The summed E-state index contributed by atoms with van der Waals surface area (Å²) < 4.78 is 27.6. The minimum absolute atomic E-state index is 0.169. The molecular formula is C14H15NO3S. The second-order valence-electron chi connectivity index (χ2n) is 4.51. The quantitative estimate of drug-likeness (QED) is 0.738. The van der Waals surface area contributed by atoms with Crippen LogP contribution in [-0.2, 0) is 0 Å². The third-order valence-corrected chi connectivity index (χ3v) is 4.19. The second kappa shape index (κ2) is 4.54. The Kier molecular flexibility index (Phi) is 2.99. The molecule has 0 aliphatic carbocycles. The summed E-state index contributed by atoms with van der Waals surface area (Å²) in [6, 6.07) is 15.4. The van der Waals surface area contributed by atoms with Gasteiger partial charge >= 0.3 is 0 Å². The van der Waals surface area contributed by atoms with Crippen LogP contribution in [0, 0.1) is 0 Å². The van der Waals surface area contributed by atoms with Crippen LogP contribution >= 0.6 is 11.1 Å². The molecule has 0 bridgehead atoms. The predicted octanol–water partition coefficient (Wildman–Crippen LogP) is 3.98. The molecule has 0 fully saturated rings. The van der Waals surface area contributed by atoms with Crippen LogP contribution < -0.4 is 8.91 Å². The second-order valence-corrected chi connectivity index (χ2v) is 5.91. The van der Waals surface area contributed by atoms with Gasteiger partial charge in [0.1, 0.15) is 0 Å². The Hall–Kier alpha value is -1.53. The molecule has 1 aliphatic rings. The Morgan fingerprint density at radius 3 is 2.53 bits per heavy atom. The number of hydrogen-bond donors (Lipinski definition) is 3. The molecule has 1 atom stereocenters. The van der Waals surface area contributed by atoms with Gasteiger partial charge in [0.2, 0.25) is 11.1 Å². The van der Waals surface area contributed by atoms with Crippen molar-refractivity contribution in [2.75, 3.05) is 0 Å². The van der Waals surface area contributed by atoms with E-state index in [1.807, 2.05) is 55.5 Å². The van der Waals surface area contributed by atoms with Crippen molar-refractivity contribution in [1.29, 1.82) is 0 Å². The molecule has 0 radical (unpaired) electrons. The molecule has 1 unspecified atom stereocenters. The van der Waals surface area contributed by atoms with E-state index in [1.54, 1.807) is 0 Å². The highest BCUT2D eigenvalue weighted by Crippen LogP contribution is 2.50. The molecular weight excluding hydrogens is 262 g/mol. The summed E-state index contributed by atoms with van der Waals surface area (Å²) in [5, 5.41) is 0. The van der Waals surface area contributed by atoms with Gasteiger partial charge in [-0.05, 0) is 12.5 Å².